The maximum absolute atomic E-state index is 14.1. The van der Waals surface area contributed by atoms with Gasteiger partial charge in [-0.15, -0.1) is 0 Å². The third-order valence-electron chi connectivity index (χ3n) is 13.0. The maximum Gasteiger partial charge on any atom is 0.303 e. The third-order valence-corrected chi connectivity index (χ3v) is 13.0. The van der Waals surface area contributed by atoms with Crippen molar-refractivity contribution in [2.45, 2.75) is 136 Å². The molecule has 0 spiro atoms. The van der Waals surface area contributed by atoms with E-state index >= 15 is 0 Å². The Labute approximate surface area is 430 Å². The lowest BCUT2D eigenvalue weighted by Crippen LogP contribution is -2.55. The average molecular weight is 1030 g/mol. The first-order valence-electron chi connectivity index (χ1n) is 25.1. The Morgan fingerprint density at radius 1 is 0.822 bits per heavy atom. The molecule has 0 aliphatic carbocycles. The minimum atomic E-state index is -1.02. The van der Waals surface area contributed by atoms with Gasteiger partial charge in [-0.05, 0) is 68.8 Å². The van der Waals surface area contributed by atoms with E-state index in [2.05, 4.69) is 32.1 Å². The number of rotatable bonds is 32. The first kappa shape index (κ1) is 63.1. The third kappa shape index (κ3) is 21.2. The van der Waals surface area contributed by atoms with Crippen LogP contribution in [0.1, 0.15) is 99.0 Å². The van der Waals surface area contributed by atoms with Crippen LogP contribution in [-0.2, 0) is 64.1 Å². The lowest BCUT2D eigenvalue weighted by Gasteiger charge is -2.39. The molecule has 1 aromatic carbocycles. The fourth-order valence-corrected chi connectivity index (χ4v) is 8.91. The van der Waals surface area contributed by atoms with Gasteiger partial charge in [0.1, 0.15) is 6.04 Å². The van der Waals surface area contributed by atoms with Crippen LogP contribution in [0.5, 0.6) is 0 Å². The number of carboxylic acids is 1. The first-order chi connectivity index (χ1) is 34.5. The van der Waals surface area contributed by atoms with Gasteiger partial charge < -0.3 is 51.0 Å². The zero-order valence-corrected chi connectivity index (χ0v) is 44.9. The number of benzene rings is 1. The number of hydrogen-bond donors (Lipinski definition) is 7. The predicted octanol–water partition coefficient (Wildman–Crippen LogP) is 1.98. The summed E-state index contributed by atoms with van der Waals surface area (Å²) in [6.07, 6.45) is 3.31. The topological polar surface area (TPSA) is 283 Å². The number of likely N-dealkylation sites (tertiary alicyclic amines) is 1. The summed E-state index contributed by atoms with van der Waals surface area (Å²) < 4.78 is 11.8. The van der Waals surface area contributed by atoms with Crippen molar-refractivity contribution in [1.29, 1.82) is 0 Å². The molecule has 1 fully saturated rings. The fraction of sp³-hybridized carbons (Fsp3) is 0.667. The average Bonchev–Trinajstić information content (AvgIpc) is 3.82. The first-order valence-corrected chi connectivity index (χ1v) is 25.1. The second kappa shape index (κ2) is 32.3. The van der Waals surface area contributed by atoms with E-state index in [4.69, 9.17) is 19.4 Å². The summed E-state index contributed by atoms with van der Waals surface area (Å²) in [7, 11) is 8.33. The van der Waals surface area contributed by atoms with Crippen molar-refractivity contribution in [3.8, 4) is 0 Å². The Balaban J connectivity index is 1.87. The van der Waals surface area contributed by atoms with E-state index in [0.717, 1.165) is 0 Å². The van der Waals surface area contributed by atoms with Crippen LogP contribution < -0.4 is 32.1 Å². The van der Waals surface area contributed by atoms with E-state index in [1.54, 1.807) is 61.9 Å². The van der Waals surface area contributed by atoms with Crippen molar-refractivity contribution < 1.29 is 62.6 Å². The van der Waals surface area contributed by atoms with Gasteiger partial charge in [0.2, 0.25) is 41.4 Å². The Morgan fingerprint density at radius 2 is 1.48 bits per heavy atom. The number of methoxy groups -OCH3 is 2. The van der Waals surface area contributed by atoms with E-state index in [-0.39, 0.29) is 93.3 Å². The van der Waals surface area contributed by atoms with Crippen LogP contribution in [0.4, 0.5) is 5.69 Å². The number of nitrogens with zero attached hydrogens (tertiary/aromatic N) is 3. The Morgan fingerprint density at radius 3 is 2.05 bits per heavy atom. The number of aliphatic carboxylic acids is 1. The number of carbonyl (C=O) groups is 9. The lowest BCUT2D eigenvalue weighted by molar-refractivity contribution is -0.145. The summed E-state index contributed by atoms with van der Waals surface area (Å²) in [6, 6.07) is 4.37. The molecule has 8 amide bonds. The number of carboxylic acid groups (broad SMARTS) is 1. The second-order valence-electron chi connectivity index (χ2n) is 19.4. The summed E-state index contributed by atoms with van der Waals surface area (Å²) in [4.78, 5) is 125. The molecule has 0 bridgehead atoms. The van der Waals surface area contributed by atoms with Crippen molar-refractivity contribution in [3.05, 3.63) is 42.0 Å². The normalized spacial score (nSPS) is 16.5. The molecule has 1 aliphatic rings. The molecule has 1 saturated heterocycles. The zero-order valence-electron chi connectivity index (χ0n) is 44.9. The zero-order chi connectivity index (χ0) is 54.9. The molecule has 1 heterocycles. The van der Waals surface area contributed by atoms with Gasteiger partial charge in [-0.25, -0.2) is 5.48 Å². The van der Waals surface area contributed by atoms with E-state index in [1.165, 1.54) is 26.4 Å². The summed E-state index contributed by atoms with van der Waals surface area (Å²) in [5, 5.41) is 22.1. The standard InChI is InChI=1S/C51H83N9O13/c1-13-33(6)47(59(10)43(65)29-54-51(70)46(32(4)5)58(8)9)38(71-11)27-42(64)60-26-16-17-37(60)48(72-12)34(7)49(68)52-25-15-19-40(62)57-73-30-35-21-23-36(24-22-35)55-41(63)28-53-50(69)45(31(2)3)56-39(61)18-14-20-44(66)67/h15,19,21-24,31-34,37-38,45-48H,13-14,16-18,20,25-30H2,1-12H3,(H,52,68)(H,53,69)(H,54,70)(H,55,63)(H,56,61)(H,57,62)(H,66,67)/b19-15+/t33-,34+,37-,38+,45?,46?,47-,48+/m0/s1. The molecule has 2 unspecified atom stereocenters. The van der Waals surface area contributed by atoms with E-state index in [0.29, 0.717) is 37.1 Å². The number of anilines is 1. The number of carbonyl (C=O) groups excluding carboxylic acids is 8. The van der Waals surface area contributed by atoms with Crippen molar-refractivity contribution >= 4 is 58.9 Å². The molecule has 410 valence electrons. The van der Waals surface area contributed by atoms with Gasteiger partial charge in [0.15, 0.2) is 0 Å². The highest BCUT2D eigenvalue weighted by Gasteiger charge is 2.42. The number of likely N-dealkylation sites (N-methyl/N-ethyl adjacent to an activating group) is 2. The van der Waals surface area contributed by atoms with Crippen LogP contribution in [0, 0.1) is 23.7 Å². The summed E-state index contributed by atoms with van der Waals surface area (Å²) in [6.45, 7) is 13.0. The lowest BCUT2D eigenvalue weighted by atomic mass is 9.90. The van der Waals surface area contributed by atoms with Gasteiger partial charge in [-0.1, -0.05) is 73.1 Å². The minimum absolute atomic E-state index is 0.00544. The molecule has 0 saturated carbocycles. The van der Waals surface area contributed by atoms with Crippen LogP contribution in [0.15, 0.2) is 36.4 Å². The fourth-order valence-electron chi connectivity index (χ4n) is 8.91. The largest absolute Gasteiger partial charge is 0.481 e. The summed E-state index contributed by atoms with van der Waals surface area (Å²) >= 11 is 0. The van der Waals surface area contributed by atoms with Crippen LogP contribution in [-0.4, -0.2) is 171 Å². The van der Waals surface area contributed by atoms with Crippen molar-refractivity contribution in [3.63, 3.8) is 0 Å². The van der Waals surface area contributed by atoms with Gasteiger partial charge >= 0.3 is 5.97 Å². The highest BCUT2D eigenvalue weighted by Crippen LogP contribution is 2.29. The highest BCUT2D eigenvalue weighted by molar-refractivity contribution is 5.96. The summed E-state index contributed by atoms with van der Waals surface area (Å²) in [5.41, 5.74) is 3.40. The van der Waals surface area contributed by atoms with E-state index in [9.17, 15) is 43.2 Å². The van der Waals surface area contributed by atoms with E-state index in [1.807, 2.05) is 46.7 Å². The number of amides is 8. The van der Waals surface area contributed by atoms with Gasteiger partial charge in [0, 0.05) is 59.0 Å². The monoisotopic (exact) mass is 1030 g/mol. The Bertz CT molecular complexity index is 2010. The van der Waals surface area contributed by atoms with Gasteiger partial charge in [0.05, 0.1) is 62.4 Å². The van der Waals surface area contributed by atoms with Crippen LogP contribution >= 0.6 is 0 Å². The predicted molar refractivity (Wildman–Crippen MR) is 273 cm³/mol. The number of nitrogens with one attached hydrogen (secondary N) is 6. The number of ether oxygens (including phenoxy) is 2. The summed E-state index contributed by atoms with van der Waals surface area (Å²) in [5.74, 6) is -5.16. The second-order valence-corrected chi connectivity index (χ2v) is 19.4. The molecule has 73 heavy (non-hydrogen) atoms. The molecule has 1 aromatic rings. The molecular formula is C51H83N9O13. The minimum Gasteiger partial charge on any atom is -0.481 e. The van der Waals surface area contributed by atoms with Crippen molar-refractivity contribution in [2.75, 3.05) is 66.9 Å². The molecule has 1 aliphatic heterocycles. The smallest absolute Gasteiger partial charge is 0.303 e. The molecule has 22 heteroatoms. The molecule has 7 N–H and O–H groups in total. The van der Waals surface area contributed by atoms with Gasteiger partial charge in [0.25, 0.3) is 5.91 Å². The molecule has 2 rings (SSSR count). The molecule has 22 nitrogen and oxygen atoms in total. The quantitative estimate of drug-likeness (QED) is 0.0402. The van der Waals surface area contributed by atoms with E-state index < -0.39 is 71.9 Å². The van der Waals surface area contributed by atoms with Crippen LogP contribution in [0.3, 0.4) is 0 Å². The Hall–Kier alpha value is -5.97. The Kier molecular flexibility index (Phi) is 27.9. The van der Waals surface area contributed by atoms with Gasteiger partial charge in [-0.3, -0.25) is 52.9 Å². The molecule has 0 radical (unpaired) electrons. The number of hydroxylamine groups is 1. The molecule has 0 aromatic heterocycles. The number of hydrogen-bond acceptors (Lipinski definition) is 13. The van der Waals surface area contributed by atoms with Crippen molar-refractivity contribution in [1.82, 2.24) is 41.4 Å². The molecular weight excluding hydrogens is 947 g/mol. The van der Waals surface area contributed by atoms with Crippen molar-refractivity contribution in [2.24, 2.45) is 23.7 Å². The highest BCUT2D eigenvalue weighted by atomic mass is 16.6. The molecule has 8 atom stereocenters. The van der Waals surface area contributed by atoms with Crippen LogP contribution in [0.25, 0.3) is 0 Å². The van der Waals surface area contributed by atoms with Gasteiger partial charge in [-0.2, -0.15) is 0 Å². The van der Waals surface area contributed by atoms with Crippen LogP contribution in [0.2, 0.25) is 0 Å². The maximum atomic E-state index is 14.1. The SMILES string of the molecule is CC[C@H](C)[C@@H]([C@@H](CC(=O)N1CCC[C@H]1[C@H](OC)[C@@H](C)C(=O)NC/C=C/C(=O)NOCc1ccc(NC(=O)CNC(=O)C(NC(=O)CCCC(=O)O)C(C)C)cc1)OC)N(C)C(=O)CNC(=O)C(C(C)C)N(C)C.